The van der Waals surface area contributed by atoms with Gasteiger partial charge in [-0.15, -0.1) is 0 Å². The van der Waals surface area contributed by atoms with E-state index >= 15 is 0 Å². The molecule has 1 aromatic rings. The molecule has 1 aliphatic carbocycles. The molecule has 1 heterocycles. The van der Waals surface area contributed by atoms with E-state index in [9.17, 15) is 5.11 Å². The summed E-state index contributed by atoms with van der Waals surface area (Å²) in [6, 6.07) is 10.8. The van der Waals surface area contributed by atoms with E-state index in [4.69, 9.17) is 4.74 Å². The Balaban J connectivity index is 1.43. The third-order valence-electron chi connectivity index (χ3n) is 5.38. The number of hydrogen-bond acceptors (Lipinski definition) is 2. The van der Waals surface area contributed by atoms with Crippen LogP contribution in [0, 0.1) is 0 Å². The van der Waals surface area contributed by atoms with E-state index in [2.05, 4.69) is 30.3 Å². The van der Waals surface area contributed by atoms with Crippen LogP contribution in [-0.2, 0) is 4.74 Å². The molecule has 0 radical (unpaired) electrons. The second kappa shape index (κ2) is 6.93. The lowest BCUT2D eigenvalue weighted by Crippen LogP contribution is -2.33. The molecule has 0 bridgehead atoms. The fraction of sp³-hybridized carbons (Fsp3) is 0.684. The van der Waals surface area contributed by atoms with Gasteiger partial charge in [-0.3, -0.25) is 0 Å². The predicted molar refractivity (Wildman–Crippen MR) is 85.4 cm³/mol. The van der Waals surface area contributed by atoms with Crippen molar-refractivity contribution >= 4 is 0 Å². The van der Waals surface area contributed by atoms with Crippen molar-refractivity contribution in [2.45, 2.75) is 75.4 Å². The fourth-order valence-electron chi connectivity index (χ4n) is 3.99. The Morgan fingerprint density at radius 1 is 1.10 bits per heavy atom. The fourth-order valence-corrected chi connectivity index (χ4v) is 3.99. The zero-order valence-corrected chi connectivity index (χ0v) is 13.0. The molecular formula is C19H28O2. The van der Waals surface area contributed by atoms with Gasteiger partial charge in [-0.05, 0) is 69.3 Å². The van der Waals surface area contributed by atoms with Gasteiger partial charge in [0.15, 0.2) is 0 Å². The Hall–Kier alpha value is -0.860. The summed E-state index contributed by atoms with van der Waals surface area (Å²) in [7, 11) is 0. The summed E-state index contributed by atoms with van der Waals surface area (Å²) in [6.07, 6.45) is 10.3. The summed E-state index contributed by atoms with van der Waals surface area (Å²) in [4.78, 5) is 0. The number of aliphatic hydroxyl groups is 1. The first kappa shape index (κ1) is 15.1. The SMILES string of the molecule is OC1(CCCC2CCCO2)CCC(c2ccccc2)CC1. The van der Waals surface area contributed by atoms with Crippen LogP contribution < -0.4 is 0 Å². The first-order valence-electron chi connectivity index (χ1n) is 8.64. The number of benzene rings is 1. The Labute approximate surface area is 128 Å². The molecule has 2 fully saturated rings. The molecule has 2 nitrogen and oxygen atoms in total. The molecule has 0 amide bonds. The third kappa shape index (κ3) is 4.08. The highest BCUT2D eigenvalue weighted by Gasteiger charge is 2.33. The summed E-state index contributed by atoms with van der Waals surface area (Å²) >= 11 is 0. The topological polar surface area (TPSA) is 29.5 Å². The molecule has 3 rings (SSSR count). The minimum atomic E-state index is -0.413. The van der Waals surface area contributed by atoms with Gasteiger partial charge in [0.25, 0.3) is 0 Å². The molecule has 1 N–H and O–H groups in total. The molecule has 1 atom stereocenters. The molecule has 2 aliphatic rings. The second-order valence-corrected chi connectivity index (χ2v) is 6.94. The third-order valence-corrected chi connectivity index (χ3v) is 5.38. The highest BCUT2D eigenvalue weighted by Crippen LogP contribution is 2.40. The van der Waals surface area contributed by atoms with Crippen LogP contribution in [0.4, 0.5) is 0 Å². The van der Waals surface area contributed by atoms with Gasteiger partial charge < -0.3 is 9.84 Å². The number of rotatable bonds is 5. The van der Waals surface area contributed by atoms with Crippen molar-refractivity contribution in [2.75, 3.05) is 6.61 Å². The first-order chi connectivity index (χ1) is 10.3. The molecule has 1 unspecified atom stereocenters. The number of hydrogen-bond donors (Lipinski definition) is 1. The monoisotopic (exact) mass is 288 g/mol. The lowest BCUT2D eigenvalue weighted by atomic mass is 9.74. The van der Waals surface area contributed by atoms with E-state index in [1.165, 1.54) is 18.4 Å². The summed E-state index contributed by atoms with van der Waals surface area (Å²) in [5, 5.41) is 10.8. The summed E-state index contributed by atoms with van der Waals surface area (Å²) in [5.74, 6) is 0.643. The lowest BCUT2D eigenvalue weighted by molar-refractivity contribution is -0.0136. The maximum Gasteiger partial charge on any atom is 0.0648 e. The van der Waals surface area contributed by atoms with Crippen LogP contribution in [0.15, 0.2) is 30.3 Å². The maximum atomic E-state index is 10.8. The highest BCUT2D eigenvalue weighted by molar-refractivity contribution is 5.20. The van der Waals surface area contributed by atoms with Gasteiger partial charge in [0, 0.05) is 6.61 Å². The van der Waals surface area contributed by atoms with Crippen molar-refractivity contribution in [2.24, 2.45) is 0 Å². The van der Waals surface area contributed by atoms with Crippen molar-refractivity contribution in [3.63, 3.8) is 0 Å². The van der Waals surface area contributed by atoms with Crippen molar-refractivity contribution in [3.8, 4) is 0 Å². The van der Waals surface area contributed by atoms with E-state index < -0.39 is 5.60 Å². The molecule has 21 heavy (non-hydrogen) atoms. The minimum absolute atomic E-state index is 0.413. The molecule has 1 saturated heterocycles. The van der Waals surface area contributed by atoms with E-state index in [0.29, 0.717) is 12.0 Å². The quantitative estimate of drug-likeness (QED) is 0.869. The van der Waals surface area contributed by atoms with Gasteiger partial charge >= 0.3 is 0 Å². The molecule has 0 aromatic heterocycles. The summed E-state index contributed by atoms with van der Waals surface area (Å²) in [6.45, 7) is 0.938. The van der Waals surface area contributed by atoms with Gasteiger partial charge in [-0.2, -0.15) is 0 Å². The molecule has 1 aromatic carbocycles. The smallest absolute Gasteiger partial charge is 0.0648 e. The van der Waals surface area contributed by atoms with E-state index in [1.54, 1.807) is 0 Å². The van der Waals surface area contributed by atoms with Crippen molar-refractivity contribution in [1.29, 1.82) is 0 Å². The first-order valence-corrected chi connectivity index (χ1v) is 8.64. The van der Waals surface area contributed by atoms with Crippen LogP contribution >= 0.6 is 0 Å². The predicted octanol–water partition coefficient (Wildman–Crippen LogP) is 4.42. The van der Waals surface area contributed by atoms with Crippen molar-refractivity contribution in [3.05, 3.63) is 35.9 Å². The zero-order chi connectivity index (χ0) is 14.5. The summed E-state index contributed by atoms with van der Waals surface area (Å²) in [5.41, 5.74) is 1.03. The van der Waals surface area contributed by atoms with Gasteiger partial charge in [0.2, 0.25) is 0 Å². The molecule has 1 aliphatic heterocycles. The van der Waals surface area contributed by atoms with E-state index in [-0.39, 0.29) is 0 Å². The van der Waals surface area contributed by atoms with Crippen molar-refractivity contribution < 1.29 is 9.84 Å². The molecule has 0 spiro atoms. The summed E-state index contributed by atoms with van der Waals surface area (Å²) < 4.78 is 5.67. The Morgan fingerprint density at radius 3 is 2.52 bits per heavy atom. The molecule has 116 valence electrons. The Bertz CT molecular complexity index is 414. The molecular weight excluding hydrogens is 260 g/mol. The van der Waals surface area contributed by atoms with Crippen molar-refractivity contribution in [1.82, 2.24) is 0 Å². The van der Waals surface area contributed by atoms with Crippen LogP contribution in [-0.4, -0.2) is 23.4 Å². The van der Waals surface area contributed by atoms with Crippen LogP contribution in [0.1, 0.15) is 69.3 Å². The maximum absolute atomic E-state index is 10.8. The molecule has 2 heteroatoms. The average Bonchev–Trinajstić information content (AvgIpc) is 3.02. The lowest BCUT2D eigenvalue weighted by Gasteiger charge is -2.36. The average molecular weight is 288 g/mol. The van der Waals surface area contributed by atoms with Gasteiger partial charge in [-0.25, -0.2) is 0 Å². The van der Waals surface area contributed by atoms with Gasteiger partial charge in [0.1, 0.15) is 0 Å². The van der Waals surface area contributed by atoms with Crippen LogP contribution in [0.5, 0.6) is 0 Å². The minimum Gasteiger partial charge on any atom is -0.390 e. The second-order valence-electron chi connectivity index (χ2n) is 6.94. The normalized spacial score (nSPS) is 33.2. The van der Waals surface area contributed by atoms with Crippen LogP contribution in [0.2, 0.25) is 0 Å². The highest BCUT2D eigenvalue weighted by atomic mass is 16.5. The Kier molecular flexibility index (Phi) is 4.97. The Morgan fingerprint density at radius 2 is 1.86 bits per heavy atom. The standard InChI is InChI=1S/C19H28O2/c20-19(12-4-8-18-9-5-15-21-18)13-10-17(11-14-19)16-6-2-1-3-7-16/h1-3,6-7,17-18,20H,4-5,8-15H2. The number of ether oxygens (including phenoxy) is 1. The van der Waals surface area contributed by atoms with E-state index in [1.807, 2.05) is 0 Å². The van der Waals surface area contributed by atoms with Gasteiger partial charge in [-0.1, -0.05) is 30.3 Å². The van der Waals surface area contributed by atoms with E-state index in [0.717, 1.165) is 51.6 Å². The van der Waals surface area contributed by atoms with Crippen LogP contribution in [0.3, 0.4) is 0 Å². The van der Waals surface area contributed by atoms with Gasteiger partial charge in [0.05, 0.1) is 11.7 Å². The molecule has 1 saturated carbocycles. The zero-order valence-electron chi connectivity index (χ0n) is 13.0. The largest absolute Gasteiger partial charge is 0.390 e. The van der Waals surface area contributed by atoms with Crippen LogP contribution in [0.25, 0.3) is 0 Å².